The van der Waals surface area contributed by atoms with Crippen LogP contribution in [0.5, 0.6) is 0 Å². The number of sulfone groups is 1. The van der Waals surface area contributed by atoms with Crippen LogP contribution in [0, 0.1) is 0 Å². The summed E-state index contributed by atoms with van der Waals surface area (Å²) in [6.07, 6.45) is 1.03. The lowest BCUT2D eigenvalue weighted by atomic mass is 10.1. The standard InChI is InChI=1S/C12H13NO5S/c1-7(12(15)16)13-6-8-4-3-5-9(19(2,17)18)10(8)11(13)14/h3-5,7H,6H2,1-2H3,(H,15,16). The first-order chi connectivity index (χ1) is 8.73. The minimum atomic E-state index is -3.53. The molecular weight excluding hydrogens is 270 g/mol. The second-order valence-corrected chi connectivity index (χ2v) is 6.49. The number of aliphatic carboxylic acids is 1. The topological polar surface area (TPSA) is 91.8 Å². The van der Waals surface area contributed by atoms with E-state index in [0.29, 0.717) is 5.56 Å². The first kappa shape index (κ1) is 13.5. The van der Waals surface area contributed by atoms with Crippen LogP contribution >= 0.6 is 0 Å². The number of carbonyl (C=O) groups is 2. The molecule has 1 aromatic carbocycles. The molecule has 102 valence electrons. The normalized spacial score (nSPS) is 16.3. The highest BCUT2D eigenvalue weighted by molar-refractivity contribution is 7.90. The van der Waals surface area contributed by atoms with Crippen LogP contribution in [-0.4, -0.2) is 42.6 Å². The number of hydrogen-bond donors (Lipinski definition) is 1. The molecule has 0 fully saturated rings. The molecule has 0 spiro atoms. The first-order valence-corrected chi connectivity index (χ1v) is 7.48. The highest BCUT2D eigenvalue weighted by Gasteiger charge is 2.37. The predicted molar refractivity (Wildman–Crippen MR) is 66.5 cm³/mol. The fourth-order valence-electron chi connectivity index (χ4n) is 2.11. The molecule has 1 heterocycles. The van der Waals surface area contributed by atoms with Gasteiger partial charge in [0.15, 0.2) is 9.84 Å². The third kappa shape index (κ3) is 2.21. The van der Waals surface area contributed by atoms with Crippen molar-refractivity contribution in [3.63, 3.8) is 0 Å². The largest absolute Gasteiger partial charge is 0.480 e. The number of fused-ring (bicyclic) bond motifs is 1. The molecule has 19 heavy (non-hydrogen) atoms. The molecule has 1 aliphatic rings. The second kappa shape index (κ2) is 4.34. The average Bonchev–Trinajstić information content (AvgIpc) is 2.64. The Morgan fingerprint density at radius 3 is 2.58 bits per heavy atom. The van der Waals surface area contributed by atoms with E-state index in [9.17, 15) is 18.0 Å². The molecule has 1 amide bonds. The number of carbonyl (C=O) groups excluding carboxylic acids is 1. The number of rotatable bonds is 3. The lowest BCUT2D eigenvalue weighted by molar-refractivity contribution is -0.141. The summed E-state index contributed by atoms with van der Waals surface area (Å²) in [7, 11) is -3.53. The van der Waals surface area contributed by atoms with Crippen LogP contribution in [0.25, 0.3) is 0 Å². The van der Waals surface area contributed by atoms with Crippen molar-refractivity contribution in [2.75, 3.05) is 6.26 Å². The predicted octanol–water partition coefficient (Wildman–Crippen LogP) is 0.519. The van der Waals surface area contributed by atoms with Crippen molar-refractivity contribution >= 4 is 21.7 Å². The molecule has 0 radical (unpaired) electrons. The highest BCUT2D eigenvalue weighted by atomic mass is 32.2. The Morgan fingerprint density at radius 1 is 1.42 bits per heavy atom. The molecule has 0 aromatic heterocycles. The zero-order valence-electron chi connectivity index (χ0n) is 10.5. The monoisotopic (exact) mass is 283 g/mol. The van der Waals surface area contributed by atoms with Crippen LogP contribution < -0.4 is 0 Å². The molecule has 1 N–H and O–H groups in total. The molecule has 0 aliphatic carbocycles. The van der Waals surface area contributed by atoms with Gasteiger partial charge in [-0.15, -0.1) is 0 Å². The Balaban J connectivity index is 2.54. The van der Waals surface area contributed by atoms with E-state index < -0.39 is 27.8 Å². The van der Waals surface area contributed by atoms with Gasteiger partial charge >= 0.3 is 5.97 Å². The summed E-state index contributed by atoms with van der Waals surface area (Å²) in [5, 5.41) is 8.96. The zero-order chi connectivity index (χ0) is 14.4. The van der Waals surface area contributed by atoms with Crippen molar-refractivity contribution in [1.82, 2.24) is 4.90 Å². The summed E-state index contributed by atoms with van der Waals surface area (Å²) in [6.45, 7) is 1.51. The van der Waals surface area contributed by atoms with E-state index in [4.69, 9.17) is 5.11 Å². The number of carboxylic acid groups (broad SMARTS) is 1. The van der Waals surface area contributed by atoms with Crippen LogP contribution in [0.15, 0.2) is 23.1 Å². The van der Waals surface area contributed by atoms with E-state index in [-0.39, 0.29) is 17.0 Å². The fraction of sp³-hybridized carbons (Fsp3) is 0.333. The maximum atomic E-state index is 12.2. The zero-order valence-corrected chi connectivity index (χ0v) is 11.3. The lowest BCUT2D eigenvalue weighted by Crippen LogP contribution is -2.39. The van der Waals surface area contributed by atoms with Gasteiger partial charge in [0, 0.05) is 12.8 Å². The van der Waals surface area contributed by atoms with Crippen LogP contribution in [0.3, 0.4) is 0 Å². The van der Waals surface area contributed by atoms with E-state index in [1.54, 1.807) is 12.1 Å². The highest BCUT2D eigenvalue weighted by Crippen LogP contribution is 2.30. The summed E-state index contributed by atoms with van der Waals surface area (Å²) < 4.78 is 23.3. The smallest absolute Gasteiger partial charge is 0.326 e. The number of benzene rings is 1. The van der Waals surface area contributed by atoms with E-state index in [1.807, 2.05) is 0 Å². The maximum Gasteiger partial charge on any atom is 0.326 e. The molecule has 1 unspecified atom stereocenters. The van der Waals surface area contributed by atoms with Gasteiger partial charge in [0.05, 0.1) is 10.5 Å². The summed E-state index contributed by atoms with van der Waals surface area (Å²) in [5.41, 5.74) is 0.638. The SMILES string of the molecule is CC(C(=O)O)N1Cc2cccc(S(C)(=O)=O)c2C1=O. The van der Waals surface area contributed by atoms with Gasteiger partial charge < -0.3 is 10.0 Å². The minimum Gasteiger partial charge on any atom is -0.480 e. The Hall–Kier alpha value is -1.89. The third-order valence-corrected chi connectivity index (χ3v) is 4.29. The van der Waals surface area contributed by atoms with Gasteiger partial charge in [-0.3, -0.25) is 4.79 Å². The van der Waals surface area contributed by atoms with Crippen molar-refractivity contribution in [2.24, 2.45) is 0 Å². The van der Waals surface area contributed by atoms with Gasteiger partial charge in [-0.25, -0.2) is 13.2 Å². The molecule has 0 bridgehead atoms. The Bertz CT molecular complexity index is 665. The number of hydrogen-bond acceptors (Lipinski definition) is 4. The average molecular weight is 283 g/mol. The van der Waals surface area contributed by atoms with Crippen LogP contribution in [0.2, 0.25) is 0 Å². The van der Waals surface area contributed by atoms with Crippen molar-refractivity contribution < 1.29 is 23.1 Å². The van der Waals surface area contributed by atoms with Crippen molar-refractivity contribution in [1.29, 1.82) is 0 Å². The van der Waals surface area contributed by atoms with Crippen LogP contribution in [-0.2, 0) is 21.2 Å². The Morgan fingerprint density at radius 2 is 2.05 bits per heavy atom. The van der Waals surface area contributed by atoms with Crippen molar-refractivity contribution in [3.05, 3.63) is 29.3 Å². The first-order valence-electron chi connectivity index (χ1n) is 5.59. The number of nitrogens with zero attached hydrogens (tertiary/aromatic N) is 1. The van der Waals surface area contributed by atoms with Gasteiger partial charge in [0.1, 0.15) is 6.04 Å². The molecule has 0 saturated carbocycles. The van der Waals surface area contributed by atoms with Crippen LogP contribution in [0.4, 0.5) is 0 Å². The third-order valence-electron chi connectivity index (χ3n) is 3.15. The van der Waals surface area contributed by atoms with E-state index in [1.165, 1.54) is 13.0 Å². The molecule has 0 saturated heterocycles. The molecule has 1 aliphatic heterocycles. The van der Waals surface area contributed by atoms with Gasteiger partial charge in [0.25, 0.3) is 5.91 Å². The van der Waals surface area contributed by atoms with Gasteiger partial charge in [0.2, 0.25) is 0 Å². The summed E-state index contributed by atoms with van der Waals surface area (Å²) in [5.74, 6) is -1.67. The molecular formula is C12H13NO5S. The van der Waals surface area contributed by atoms with E-state index in [2.05, 4.69) is 0 Å². The Kier molecular flexibility index (Phi) is 3.09. The van der Waals surface area contributed by atoms with Gasteiger partial charge in [-0.2, -0.15) is 0 Å². The summed E-state index contributed by atoms with van der Waals surface area (Å²) in [6, 6.07) is 3.56. The fourth-order valence-corrected chi connectivity index (χ4v) is 3.02. The van der Waals surface area contributed by atoms with E-state index in [0.717, 1.165) is 11.2 Å². The minimum absolute atomic E-state index is 0.0462. The van der Waals surface area contributed by atoms with Gasteiger partial charge in [-0.1, -0.05) is 12.1 Å². The molecule has 1 aromatic rings. The summed E-state index contributed by atoms with van der Waals surface area (Å²) in [4.78, 5) is 24.3. The second-order valence-electron chi connectivity index (χ2n) is 4.51. The number of amides is 1. The quantitative estimate of drug-likeness (QED) is 0.873. The summed E-state index contributed by atoms with van der Waals surface area (Å²) >= 11 is 0. The maximum absolute atomic E-state index is 12.2. The molecule has 2 rings (SSSR count). The van der Waals surface area contributed by atoms with Crippen LogP contribution in [0.1, 0.15) is 22.8 Å². The Labute approximate surface area is 110 Å². The molecule has 1 atom stereocenters. The van der Waals surface area contributed by atoms with Crippen molar-refractivity contribution in [2.45, 2.75) is 24.4 Å². The molecule has 6 nitrogen and oxygen atoms in total. The molecule has 7 heteroatoms. The lowest BCUT2D eigenvalue weighted by Gasteiger charge is -2.20. The van der Waals surface area contributed by atoms with E-state index >= 15 is 0 Å². The van der Waals surface area contributed by atoms with Crippen molar-refractivity contribution in [3.8, 4) is 0 Å². The number of carboxylic acids is 1. The van der Waals surface area contributed by atoms with Gasteiger partial charge in [-0.05, 0) is 18.6 Å².